The predicted octanol–water partition coefficient (Wildman–Crippen LogP) is 6.69. The first-order valence-corrected chi connectivity index (χ1v) is 26.9. The predicted molar refractivity (Wildman–Crippen MR) is 232 cm³/mol. The van der Waals surface area contributed by atoms with Crippen molar-refractivity contribution in [2.24, 2.45) is 5.92 Å². The fraction of sp³-hybridized carbons (Fsp3) is 0.767. The van der Waals surface area contributed by atoms with Gasteiger partial charge in [-0.25, -0.2) is 9.59 Å². The molecular weight excluding hydrogens is 791 g/mol. The lowest BCUT2D eigenvalue weighted by Crippen LogP contribution is -2.63. The number of aliphatic hydroxyl groups is 1. The molecule has 0 radical (unpaired) electrons. The minimum atomic E-state index is -2.55. The highest BCUT2D eigenvalue weighted by Gasteiger charge is 2.50. The number of esters is 1. The van der Waals surface area contributed by atoms with E-state index in [9.17, 15) is 24.3 Å². The molecule has 2 fully saturated rings. The summed E-state index contributed by atoms with van der Waals surface area (Å²) in [4.78, 5) is 57.5. The molecule has 3 unspecified atom stereocenters. The number of nitrogens with zero attached hydrogens (tertiary/aromatic N) is 1. The van der Waals surface area contributed by atoms with Crippen LogP contribution in [-0.4, -0.2) is 119 Å². The molecule has 16 heteroatoms. The van der Waals surface area contributed by atoms with E-state index in [1.807, 2.05) is 37.4 Å². The van der Waals surface area contributed by atoms with Crippen LogP contribution in [0.1, 0.15) is 101 Å². The second-order valence-corrected chi connectivity index (χ2v) is 29.8. The minimum absolute atomic E-state index is 0.00195. The molecule has 0 bridgehead atoms. The molecule has 0 aliphatic carbocycles. The fourth-order valence-corrected chi connectivity index (χ4v) is 9.00. The highest BCUT2D eigenvalue weighted by atomic mass is 28.4. The summed E-state index contributed by atoms with van der Waals surface area (Å²) in [5, 5.41) is 16.5. The van der Waals surface area contributed by atoms with Gasteiger partial charge in [0.15, 0.2) is 20.6 Å². The number of alkyl carbamates (subject to hydrolysis) is 1. The van der Waals surface area contributed by atoms with Gasteiger partial charge in [0.25, 0.3) is 0 Å². The van der Waals surface area contributed by atoms with Gasteiger partial charge in [-0.3, -0.25) is 9.59 Å². The standard InChI is InChI=1S/C43H75N3O11Si2/c1-27-26-46(35(36(27)47)39(50)52-12)38(49)33(28(2)56-58(13,14)42(6,7)8)44-37(48)34(45-40(51)55-41(3,4)5)31(54-32-19-17-18-24-53-32)25-29-20-22-30(23-21-29)57-59(15,16)43(9,10)11/h20-23,27-28,31-36,47H,17-19,24-26H2,1-16H3,(H,44,48)(H,45,51)/t27-,28?,31+,32?,33?,34-,35-,36-/m0/s1. The molecule has 1 aromatic rings. The number of nitrogens with one attached hydrogen (secondary N) is 2. The van der Waals surface area contributed by atoms with Crippen LogP contribution < -0.4 is 15.1 Å². The quantitative estimate of drug-likeness (QED) is 0.127. The Labute approximate surface area is 355 Å². The Hall–Kier alpha value is -3.03. The molecule has 2 saturated heterocycles. The van der Waals surface area contributed by atoms with E-state index in [0.717, 1.165) is 24.2 Å². The highest BCUT2D eigenvalue weighted by molar-refractivity contribution is 6.75. The zero-order valence-electron chi connectivity index (χ0n) is 38.6. The van der Waals surface area contributed by atoms with E-state index in [-0.39, 0.29) is 23.0 Å². The average molecular weight is 866 g/mol. The van der Waals surface area contributed by atoms with Gasteiger partial charge in [0.2, 0.25) is 20.1 Å². The van der Waals surface area contributed by atoms with Crippen molar-refractivity contribution in [2.45, 2.75) is 186 Å². The number of ether oxygens (including phenoxy) is 4. The third kappa shape index (κ3) is 13.7. The molecule has 59 heavy (non-hydrogen) atoms. The van der Waals surface area contributed by atoms with Crippen molar-refractivity contribution < 1.29 is 52.1 Å². The van der Waals surface area contributed by atoms with Gasteiger partial charge in [-0.1, -0.05) is 60.6 Å². The first-order chi connectivity index (χ1) is 27.0. The number of rotatable bonds is 15. The van der Waals surface area contributed by atoms with Crippen LogP contribution >= 0.6 is 0 Å². The Bertz CT molecular complexity index is 1580. The second-order valence-electron chi connectivity index (χ2n) is 20.3. The Morgan fingerprint density at radius 2 is 1.49 bits per heavy atom. The van der Waals surface area contributed by atoms with Crippen molar-refractivity contribution in [3.63, 3.8) is 0 Å². The Morgan fingerprint density at radius 3 is 2.00 bits per heavy atom. The monoisotopic (exact) mass is 865 g/mol. The summed E-state index contributed by atoms with van der Waals surface area (Å²) in [6.07, 6.45) is -2.12. The molecule has 14 nitrogen and oxygen atoms in total. The van der Waals surface area contributed by atoms with Gasteiger partial charge in [-0.05, 0) is 101 Å². The molecule has 2 heterocycles. The lowest BCUT2D eigenvalue weighted by Gasteiger charge is -2.41. The molecule has 8 atom stereocenters. The van der Waals surface area contributed by atoms with E-state index in [1.54, 1.807) is 34.6 Å². The van der Waals surface area contributed by atoms with E-state index in [2.05, 4.69) is 65.3 Å². The minimum Gasteiger partial charge on any atom is -0.544 e. The maximum atomic E-state index is 14.9. The zero-order chi connectivity index (χ0) is 44.9. The SMILES string of the molecule is COC(=O)[C@@H]1[C@@H](O)[C@@H](C)CN1C(=O)C(NC(=O)[C@@H](NC(=O)OC(C)(C)C)[C@@H](Cc1ccc(O[Si](C)(C)C(C)(C)C)cc1)OC1CCCCO1)C(C)O[Si](C)(C)C(C)(C)C. The zero-order valence-corrected chi connectivity index (χ0v) is 40.6. The number of carbonyl (C=O) groups excluding carboxylic acids is 4. The molecule has 3 rings (SSSR count). The Morgan fingerprint density at radius 1 is 0.898 bits per heavy atom. The Balaban J connectivity index is 2.12. The largest absolute Gasteiger partial charge is 0.544 e. The van der Waals surface area contributed by atoms with E-state index in [4.69, 9.17) is 27.8 Å². The Kier molecular flexibility index (Phi) is 16.9. The van der Waals surface area contributed by atoms with Crippen molar-refractivity contribution in [2.75, 3.05) is 20.3 Å². The average Bonchev–Trinajstić information content (AvgIpc) is 3.40. The van der Waals surface area contributed by atoms with Crippen LogP contribution in [0.3, 0.4) is 0 Å². The number of hydrogen-bond acceptors (Lipinski definition) is 11. The second kappa shape index (κ2) is 19.8. The van der Waals surface area contributed by atoms with Crippen LogP contribution in [0.2, 0.25) is 36.3 Å². The molecular formula is C43H75N3O11Si2. The molecule has 0 aromatic heterocycles. The van der Waals surface area contributed by atoms with Crippen molar-refractivity contribution in [3.8, 4) is 5.75 Å². The summed E-state index contributed by atoms with van der Waals surface area (Å²) >= 11 is 0. The number of likely N-dealkylation sites (tertiary alicyclic amines) is 1. The number of carbonyl (C=O) groups is 4. The van der Waals surface area contributed by atoms with Crippen LogP contribution in [0, 0.1) is 5.92 Å². The summed E-state index contributed by atoms with van der Waals surface area (Å²) < 4.78 is 36.5. The maximum Gasteiger partial charge on any atom is 0.408 e. The molecule has 1 aromatic carbocycles. The molecule has 3 N–H and O–H groups in total. The molecule has 0 spiro atoms. The maximum absolute atomic E-state index is 14.9. The molecule has 2 aliphatic rings. The van der Waals surface area contributed by atoms with E-state index >= 15 is 0 Å². The van der Waals surface area contributed by atoms with Gasteiger partial charge in [0.1, 0.15) is 23.4 Å². The van der Waals surface area contributed by atoms with Crippen molar-refractivity contribution in [1.82, 2.24) is 15.5 Å². The number of aliphatic hydroxyl groups excluding tert-OH is 1. The topological polar surface area (TPSA) is 171 Å². The third-order valence-electron chi connectivity index (χ3n) is 12.1. The van der Waals surface area contributed by atoms with Crippen molar-refractivity contribution >= 4 is 40.5 Å². The first-order valence-electron chi connectivity index (χ1n) is 21.1. The first kappa shape index (κ1) is 50.3. The smallest absolute Gasteiger partial charge is 0.408 e. The van der Waals surface area contributed by atoms with Gasteiger partial charge >= 0.3 is 12.1 Å². The summed E-state index contributed by atoms with van der Waals surface area (Å²) in [5.41, 5.74) is -0.0888. The summed E-state index contributed by atoms with van der Waals surface area (Å²) in [7, 11) is -3.48. The van der Waals surface area contributed by atoms with Gasteiger partial charge < -0.3 is 48.4 Å². The van der Waals surface area contributed by atoms with Gasteiger partial charge in [0.05, 0.1) is 25.4 Å². The number of amides is 3. The van der Waals surface area contributed by atoms with Crippen LogP contribution in [-0.2, 0) is 44.2 Å². The van der Waals surface area contributed by atoms with Crippen molar-refractivity contribution in [3.05, 3.63) is 29.8 Å². The van der Waals surface area contributed by atoms with E-state index < -0.39 is 94.8 Å². The molecule has 0 saturated carbocycles. The van der Waals surface area contributed by atoms with Crippen LogP contribution in [0.4, 0.5) is 4.79 Å². The third-order valence-corrected chi connectivity index (χ3v) is 21.0. The number of benzene rings is 1. The summed E-state index contributed by atoms with van der Waals surface area (Å²) in [6, 6.07) is 3.60. The lowest BCUT2D eigenvalue weighted by atomic mass is 9.99. The van der Waals surface area contributed by atoms with Crippen LogP contribution in [0.15, 0.2) is 24.3 Å². The van der Waals surface area contributed by atoms with Crippen LogP contribution in [0.5, 0.6) is 5.75 Å². The van der Waals surface area contributed by atoms with Gasteiger partial charge in [-0.2, -0.15) is 0 Å². The highest BCUT2D eigenvalue weighted by Crippen LogP contribution is 2.39. The van der Waals surface area contributed by atoms with Gasteiger partial charge in [0, 0.05) is 25.5 Å². The normalized spacial score (nSPS) is 22.8. The van der Waals surface area contributed by atoms with Gasteiger partial charge in [-0.15, -0.1) is 0 Å². The van der Waals surface area contributed by atoms with E-state index in [1.165, 1.54) is 12.0 Å². The van der Waals surface area contributed by atoms with E-state index in [0.29, 0.717) is 13.0 Å². The molecule has 3 amide bonds. The summed E-state index contributed by atoms with van der Waals surface area (Å²) in [5.74, 6) is -1.86. The molecule has 336 valence electrons. The fourth-order valence-electron chi connectivity index (χ4n) is 6.55. The van der Waals surface area contributed by atoms with Crippen LogP contribution in [0.25, 0.3) is 0 Å². The lowest BCUT2D eigenvalue weighted by molar-refractivity contribution is -0.194. The molecule has 2 aliphatic heterocycles. The van der Waals surface area contributed by atoms with Crippen molar-refractivity contribution in [1.29, 1.82) is 0 Å². The number of hydrogen-bond donors (Lipinski definition) is 3. The summed E-state index contributed by atoms with van der Waals surface area (Å²) in [6.45, 7) is 30.3. The number of methoxy groups -OCH3 is 1.